The van der Waals surface area contributed by atoms with Gasteiger partial charge < -0.3 is 29.1 Å². The van der Waals surface area contributed by atoms with Crippen LogP contribution in [0.3, 0.4) is 0 Å². The highest BCUT2D eigenvalue weighted by Gasteiger charge is 2.34. The molecule has 0 saturated carbocycles. The van der Waals surface area contributed by atoms with Crippen LogP contribution in [0.2, 0.25) is 0 Å². The van der Waals surface area contributed by atoms with Gasteiger partial charge in [0, 0.05) is 56.1 Å². The molecular formula is C30H39N3O5. The van der Waals surface area contributed by atoms with Gasteiger partial charge in [-0.05, 0) is 63.1 Å². The van der Waals surface area contributed by atoms with Gasteiger partial charge in [0.25, 0.3) is 5.91 Å². The molecule has 0 radical (unpaired) electrons. The third-order valence-electron chi connectivity index (χ3n) is 7.36. The molecule has 204 valence electrons. The number of carbonyl (C=O) groups excluding carboxylic acids is 1. The summed E-state index contributed by atoms with van der Waals surface area (Å²) in [5, 5.41) is 9.91. The van der Waals surface area contributed by atoms with Crippen LogP contribution in [0.1, 0.15) is 48.2 Å². The first-order valence-corrected chi connectivity index (χ1v) is 13.4. The van der Waals surface area contributed by atoms with Crippen molar-refractivity contribution in [2.45, 2.75) is 38.8 Å². The Balaban J connectivity index is 1.58. The Labute approximate surface area is 225 Å². The number of pyridine rings is 1. The fourth-order valence-corrected chi connectivity index (χ4v) is 4.96. The number of hydrogen-bond acceptors (Lipinski definition) is 7. The maximum Gasteiger partial charge on any atom is 0.259 e. The zero-order valence-corrected chi connectivity index (χ0v) is 22.9. The van der Waals surface area contributed by atoms with E-state index in [1.54, 1.807) is 24.3 Å². The molecule has 0 spiro atoms. The number of nitrogens with zero attached hydrogens (tertiary/aromatic N) is 3. The average molecular weight is 522 g/mol. The first-order chi connectivity index (χ1) is 18.4. The Bertz CT molecular complexity index is 1140. The number of methoxy groups -OCH3 is 1. The smallest absolute Gasteiger partial charge is 0.259 e. The molecule has 3 heterocycles. The fraction of sp³-hybridized carbons (Fsp3) is 0.533. The zero-order valence-electron chi connectivity index (χ0n) is 22.9. The molecule has 2 aromatic rings. The first kappa shape index (κ1) is 27.9. The van der Waals surface area contributed by atoms with E-state index in [2.05, 4.69) is 35.7 Å². The summed E-state index contributed by atoms with van der Waals surface area (Å²) in [6.45, 7) is 7.67. The Kier molecular flexibility index (Phi) is 9.62. The minimum atomic E-state index is -0.328. The largest absolute Gasteiger partial charge is 0.497 e. The monoisotopic (exact) mass is 521 g/mol. The molecule has 8 heteroatoms. The summed E-state index contributed by atoms with van der Waals surface area (Å²) in [4.78, 5) is 22.2. The van der Waals surface area contributed by atoms with Crippen LogP contribution in [0.5, 0.6) is 11.6 Å². The SMILES string of the molecule is COc1ccc(C#Cc2cnc3c(c2)C(=O)N([C@H](C)CO)C[C@@H](C)[C@H](CN(C)CC2CCOCC2)O3)cc1. The summed E-state index contributed by atoms with van der Waals surface area (Å²) in [6.07, 6.45) is 3.64. The van der Waals surface area contributed by atoms with E-state index in [1.165, 1.54) is 0 Å². The van der Waals surface area contributed by atoms with Crippen LogP contribution < -0.4 is 9.47 Å². The summed E-state index contributed by atoms with van der Waals surface area (Å²) in [5.74, 6) is 7.77. The summed E-state index contributed by atoms with van der Waals surface area (Å²) >= 11 is 0. The second-order valence-corrected chi connectivity index (χ2v) is 10.5. The van der Waals surface area contributed by atoms with Gasteiger partial charge >= 0.3 is 0 Å². The lowest BCUT2D eigenvalue weighted by atomic mass is 9.97. The van der Waals surface area contributed by atoms with Gasteiger partial charge in [0.05, 0.1) is 19.8 Å². The number of aliphatic hydroxyl groups is 1. The number of hydrogen-bond donors (Lipinski definition) is 1. The van der Waals surface area contributed by atoms with Crippen LogP contribution in [0.15, 0.2) is 36.5 Å². The minimum absolute atomic E-state index is 0.0505. The van der Waals surface area contributed by atoms with E-state index in [1.807, 2.05) is 31.2 Å². The van der Waals surface area contributed by atoms with Crippen molar-refractivity contribution in [3.8, 4) is 23.5 Å². The Morgan fingerprint density at radius 3 is 2.58 bits per heavy atom. The molecule has 4 rings (SSSR count). The molecule has 1 aromatic heterocycles. The molecule has 1 amide bonds. The van der Waals surface area contributed by atoms with E-state index in [0.29, 0.717) is 36.0 Å². The summed E-state index contributed by atoms with van der Waals surface area (Å²) in [6, 6.07) is 8.90. The van der Waals surface area contributed by atoms with Crippen LogP contribution in [0.4, 0.5) is 0 Å². The van der Waals surface area contributed by atoms with Crippen LogP contribution in [0, 0.1) is 23.7 Å². The van der Waals surface area contributed by atoms with E-state index < -0.39 is 0 Å². The van der Waals surface area contributed by atoms with Gasteiger partial charge in [0.2, 0.25) is 5.88 Å². The molecule has 0 unspecified atom stereocenters. The highest BCUT2D eigenvalue weighted by atomic mass is 16.5. The van der Waals surface area contributed by atoms with Crippen LogP contribution in [-0.4, -0.2) is 91.6 Å². The minimum Gasteiger partial charge on any atom is -0.497 e. The van der Waals surface area contributed by atoms with Gasteiger partial charge in [0.15, 0.2) is 0 Å². The number of carbonyl (C=O) groups is 1. The van der Waals surface area contributed by atoms with Crippen molar-refractivity contribution in [2.75, 3.05) is 53.6 Å². The van der Waals surface area contributed by atoms with E-state index in [-0.39, 0.29) is 30.6 Å². The second kappa shape index (κ2) is 13.1. The molecule has 1 aromatic carbocycles. The molecule has 1 fully saturated rings. The fourth-order valence-electron chi connectivity index (χ4n) is 4.96. The highest BCUT2D eigenvalue weighted by molar-refractivity contribution is 5.97. The van der Waals surface area contributed by atoms with Crippen molar-refractivity contribution in [1.29, 1.82) is 0 Å². The predicted octanol–water partition coefficient (Wildman–Crippen LogP) is 3.07. The lowest BCUT2D eigenvalue weighted by Crippen LogP contribution is -2.50. The van der Waals surface area contributed by atoms with Gasteiger partial charge in [-0.25, -0.2) is 4.98 Å². The first-order valence-electron chi connectivity index (χ1n) is 13.4. The molecule has 1 N–H and O–H groups in total. The van der Waals surface area contributed by atoms with Crippen molar-refractivity contribution >= 4 is 5.91 Å². The normalized spacial score (nSPS) is 21.0. The van der Waals surface area contributed by atoms with E-state index >= 15 is 0 Å². The standard InChI is InChI=1S/C30H39N3O5/c1-21-17-33(22(2)20-34)30(35)27-15-25(6-5-23-7-9-26(36-4)10-8-23)16-31-29(27)38-28(21)19-32(3)18-24-11-13-37-14-12-24/h7-10,15-16,21-22,24,28,34H,11-14,17-20H2,1-4H3/t21-,22-,28+/m1/s1. The molecule has 0 aliphatic carbocycles. The predicted molar refractivity (Wildman–Crippen MR) is 145 cm³/mol. The Hall–Kier alpha value is -3.12. The van der Waals surface area contributed by atoms with Gasteiger partial charge in [0.1, 0.15) is 17.4 Å². The van der Waals surface area contributed by atoms with Gasteiger partial charge in [-0.3, -0.25) is 4.79 Å². The molecule has 0 bridgehead atoms. The maximum absolute atomic E-state index is 13.6. The van der Waals surface area contributed by atoms with Crippen molar-refractivity contribution in [2.24, 2.45) is 11.8 Å². The maximum atomic E-state index is 13.6. The zero-order chi connectivity index (χ0) is 27.1. The number of benzene rings is 1. The highest BCUT2D eigenvalue weighted by Crippen LogP contribution is 2.28. The molecule has 2 aliphatic heterocycles. The number of rotatable bonds is 7. The molecule has 3 atom stereocenters. The topological polar surface area (TPSA) is 84.4 Å². The average Bonchev–Trinajstić information content (AvgIpc) is 2.94. The number of ether oxygens (including phenoxy) is 3. The quantitative estimate of drug-likeness (QED) is 0.561. The number of aromatic nitrogens is 1. The van der Waals surface area contributed by atoms with Crippen molar-refractivity contribution < 1.29 is 24.1 Å². The van der Waals surface area contributed by atoms with Gasteiger partial charge in [-0.1, -0.05) is 18.8 Å². The van der Waals surface area contributed by atoms with Crippen LogP contribution >= 0.6 is 0 Å². The van der Waals surface area contributed by atoms with Crippen molar-refractivity contribution in [1.82, 2.24) is 14.8 Å². The third-order valence-corrected chi connectivity index (χ3v) is 7.36. The van der Waals surface area contributed by atoms with Crippen molar-refractivity contribution in [3.05, 3.63) is 53.2 Å². The third kappa shape index (κ3) is 7.04. The molecule has 8 nitrogen and oxygen atoms in total. The molecule has 1 saturated heterocycles. The lowest BCUT2D eigenvalue weighted by molar-refractivity contribution is 0.0254. The Morgan fingerprint density at radius 2 is 1.89 bits per heavy atom. The lowest BCUT2D eigenvalue weighted by Gasteiger charge is -2.38. The van der Waals surface area contributed by atoms with E-state index in [0.717, 1.165) is 43.9 Å². The number of likely N-dealkylation sites (N-methyl/N-ethyl adjacent to an activating group) is 1. The van der Waals surface area contributed by atoms with Crippen LogP contribution in [0.25, 0.3) is 0 Å². The van der Waals surface area contributed by atoms with Crippen molar-refractivity contribution in [3.63, 3.8) is 0 Å². The number of aliphatic hydroxyl groups excluding tert-OH is 1. The molecule has 38 heavy (non-hydrogen) atoms. The summed E-state index contributed by atoms with van der Waals surface area (Å²) in [5.41, 5.74) is 1.82. The number of fused-ring (bicyclic) bond motifs is 1. The van der Waals surface area contributed by atoms with E-state index in [4.69, 9.17) is 14.2 Å². The second-order valence-electron chi connectivity index (χ2n) is 10.5. The van der Waals surface area contributed by atoms with Crippen LogP contribution in [-0.2, 0) is 4.74 Å². The Morgan fingerprint density at radius 1 is 1.18 bits per heavy atom. The molecular weight excluding hydrogens is 482 g/mol. The number of amides is 1. The summed E-state index contributed by atoms with van der Waals surface area (Å²) in [7, 11) is 3.75. The van der Waals surface area contributed by atoms with Gasteiger partial charge in [-0.2, -0.15) is 0 Å². The molecule has 2 aliphatic rings. The summed E-state index contributed by atoms with van der Waals surface area (Å²) < 4.78 is 17.1. The van der Waals surface area contributed by atoms with Gasteiger partial charge in [-0.15, -0.1) is 0 Å². The van der Waals surface area contributed by atoms with E-state index in [9.17, 15) is 9.90 Å².